The van der Waals surface area contributed by atoms with Crippen LogP contribution in [-0.4, -0.2) is 54.1 Å². The smallest absolute Gasteiger partial charge is 0.251 e. The lowest BCUT2D eigenvalue weighted by molar-refractivity contribution is -0.187. The van der Waals surface area contributed by atoms with Gasteiger partial charge in [0.05, 0.1) is 5.60 Å². The first-order valence-electron chi connectivity index (χ1n) is 7.87. The number of piperidine rings is 1. The highest BCUT2D eigenvalue weighted by Gasteiger charge is 2.44. The molecule has 2 aliphatic heterocycles. The molecule has 22 heavy (non-hydrogen) atoms. The largest absolute Gasteiger partial charge is 0.360 e. The standard InChI is InChI=1S/C17H23FN2O2/c1-13-16(21)19(2)12-17(22-13)7-9-20(10-8-17)11-14-3-5-15(18)6-4-14/h3-6,13H,7-12H2,1-2H3/t13-/m0/s1. The van der Waals surface area contributed by atoms with Crippen LogP contribution >= 0.6 is 0 Å². The summed E-state index contributed by atoms with van der Waals surface area (Å²) in [6.45, 7) is 5.23. The maximum Gasteiger partial charge on any atom is 0.251 e. The van der Waals surface area contributed by atoms with E-state index in [1.807, 2.05) is 26.1 Å². The van der Waals surface area contributed by atoms with Crippen molar-refractivity contribution >= 4 is 5.91 Å². The average molecular weight is 306 g/mol. The van der Waals surface area contributed by atoms with Crippen LogP contribution in [0.4, 0.5) is 4.39 Å². The van der Waals surface area contributed by atoms with E-state index in [9.17, 15) is 9.18 Å². The van der Waals surface area contributed by atoms with Crippen LogP contribution in [0.5, 0.6) is 0 Å². The van der Waals surface area contributed by atoms with Gasteiger partial charge in [0.25, 0.3) is 5.91 Å². The van der Waals surface area contributed by atoms with Crippen molar-refractivity contribution in [1.29, 1.82) is 0 Å². The first kappa shape index (κ1) is 15.4. The molecule has 4 nitrogen and oxygen atoms in total. The number of nitrogens with zero attached hydrogens (tertiary/aromatic N) is 2. The van der Waals surface area contributed by atoms with E-state index in [0.29, 0.717) is 6.54 Å². The Bertz CT molecular complexity index is 522. The van der Waals surface area contributed by atoms with E-state index < -0.39 is 0 Å². The summed E-state index contributed by atoms with van der Waals surface area (Å²) in [6, 6.07) is 6.69. The van der Waals surface area contributed by atoms with Crippen LogP contribution in [-0.2, 0) is 16.1 Å². The normalized spacial score (nSPS) is 25.7. The molecular formula is C17H23FN2O2. The zero-order valence-corrected chi connectivity index (χ0v) is 13.2. The minimum absolute atomic E-state index is 0.0689. The Kier molecular flexibility index (Phi) is 4.19. The van der Waals surface area contributed by atoms with E-state index in [-0.39, 0.29) is 23.4 Å². The number of carbonyl (C=O) groups is 1. The van der Waals surface area contributed by atoms with Gasteiger partial charge < -0.3 is 9.64 Å². The lowest BCUT2D eigenvalue weighted by Crippen LogP contribution is -2.60. The molecule has 0 radical (unpaired) electrons. The Morgan fingerprint density at radius 1 is 1.27 bits per heavy atom. The van der Waals surface area contributed by atoms with Gasteiger partial charge in [0.1, 0.15) is 11.9 Å². The molecule has 0 bridgehead atoms. The van der Waals surface area contributed by atoms with E-state index in [2.05, 4.69) is 4.90 Å². The van der Waals surface area contributed by atoms with E-state index in [4.69, 9.17) is 4.74 Å². The number of hydrogen-bond acceptors (Lipinski definition) is 3. The molecule has 1 amide bonds. The number of hydrogen-bond donors (Lipinski definition) is 0. The van der Waals surface area contributed by atoms with Crippen molar-refractivity contribution in [2.45, 2.75) is 38.0 Å². The van der Waals surface area contributed by atoms with Crippen molar-refractivity contribution in [3.63, 3.8) is 0 Å². The summed E-state index contributed by atoms with van der Waals surface area (Å²) < 4.78 is 19.0. The summed E-state index contributed by atoms with van der Waals surface area (Å²) in [5, 5.41) is 0. The highest BCUT2D eigenvalue weighted by atomic mass is 19.1. The van der Waals surface area contributed by atoms with Gasteiger partial charge in [0.2, 0.25) is 0 Å². The number of amides is 1. The second kappa shape index (κ2) is 5.97. The molecule has 5 heteroatoms. The number of benzene rings is 1. The van der Waals surface area contributed by atoms with Crippen LogP contribution in [0.1, 0.15) is 25.3 Å². The van der Waals surface area contributed by atoms with E-state index in [0.717, 1.165) is 38.0 Å². The molecule has 1 spiro atoms. The minimum Gasteiger partial charge on any atom is -0.360 e. The average Bonchev–Trinajstić information content (AvgIpc) is 2.50. The fourth-order valence-electron chi connectivity index (χ4n) is 3.53. The van der Waals surface area contributed by atoms with Crippen LogP contribution < -0.4 is 0 Å². The van der Waals surface area contributed by atoms with Gasteiger partial charge in [-0.25, -0.2) is 4.39 Å². The fourth-order valence-corrected chi connectivity index (χ4v) is 3.53. The molecule has 3 rings (SSSR count). The van der Waals surface area contributed by atoms with Gasteiger partial charge in [-0.15, -0.1) is 0 Å². The predicted octanol–water partition coefficient (Wildman–Crippen LogP) is 2.04. The van der Waals surface area contributed by atoms with Crippen LogP contribution in [0.2, 0.25) is 0 Å². The molecule has 2 heterocycles. The van der Waals surface area contributed by atoms with E-state index in [1.54, 1.807) is 4.90 Å². The van der Waals surface area contributed by atoms with E-state index >= 15 is 0 Å². The number of likely N-dealkylation sites (tertiary alicyclic amines) is 1. The number of likely N-dealkylation sites (N-methyl/N-ethyl adjacent to an activating group) is 1. The third-order valence-electron chi connectivity index (χ3n) is 4.76. The van der Waals surface area contributed by atoms with Gasteiger partial charge in [-0.3, -0.25) is 9.69 Å². The summed E-state index contributed by atoms with van der Waals surface area (Å²) in [7, 11) is 1.86. The number of halogens is 1. The number of carbonyl (C=O) groups excluding carboxylic acids is 1. The Morgan fingerprint density at radius 2 is 1.91 bits per heavy atom. The van der Waals surface area contributed by atoms with Crippen LogP contribution in [0.25, 0.3) is 0 Å². The molecule has 2 saturated heterocycles. The first-order valence-corrected chi connectivity index (χ1v) is 7.87. The zero-order valence-electron chi connectivity index (χ0n) is 13.2. The van der Waals surface area contributed by atoms with Gasteiger partial charge in [0.15, 0.2) is 0 Å². The quantitative estimate of drug-likeness (QED) is 0.838. The summed E-state index contributed by atoms with van der Waals surface area (Å²) in [5.74, 6) is -0.127. The Balaban J connectivity index is 1.58. The second-order valence-corrected chi connectivity index (χ2v) is 6.54. The summed E-state index contributed by atoms with van der Waals surface area (Å²) >= 11 is 0. The molecule has 120 valence electrons. The molecule has 0 saturated carbocycles. The van der Waals surface area contributed by atoms with Crippen molar-refractivity contribution < 1.29 is 13.9 Å². The van der Waals surface area contributed by atoms with E-state index in [1.165, 1.54) is 12.1 Å². The third kappa shape index (κ3) is 3.15. The topological polar surface area (TPSA) is 32.8 Å². The van der Waals surface area contributed by atoms with Gasteiger partial charge >= 0.3 is 0 Å². The fraction of sp³-hybridized carbons (Fsp3) is 0.588. The Hall–Kier alpha value is -1.46. The monoisotopic (exact) mass is 306 g/mol. The van der Waals surface area contributed by atoms with Crippen molar-refractivity contribution in [2.24, 2.45) is 0 Å². The molecule has 0 unspecified atom stereocenters. The van der Waals surface area contributed by atoms with Gasteiger partial charge in [-0.2, -0.15) is 0 Å². The molecule has 0 aromatic heterocycles. The lowest BCUT2D eigenvalue weighted by Gasteiger charge is -2.48. The third-order valence-corrected chi connectivity index (χ3v) is 4.76. The maximum atomic E-state index is 12.9. The molecular weight excluding hydrogens is 283 g/mol. The molecule has 1 atom stereocenters. The Morgan fingerprint density at radius 3 is 2.50 bits per heavy atom. The molecule has 0 N–H and O–H groups in total. The van der Waals surface area contributed by atoms with Crippen molar-refractivity contribution in [3.8, 4) is 0 Å². The molecule has 0 aliphatic carbocycles. The highest BCUT2D eigenvalue weighted by molar-refractivity contribution is 5.81. The summed E-state index contributed by atoms with van der Waals surface area (Å²) in [4.78, 5) is 16.0. The highest BCUT2D eigenvalue weighted by Crippen LogP contribution is 2.32. The first-order chi connectivity index (χ1) is 10.5. The van der Waals surface area contributed by atoms with Gasteiger partial charge in [0, 0.05) is 33.2 Å². The minimum atomic E-state index is -0.345. The van der Waals surface area contributed by atoms with Gasteiger partial charge in [-0.1, -0.05) is 12.1 Å². The number of rotatable bonds is 2. The van der Waals surface area contributed by atoms with Crippen molar-refractivity contribution in [1.82, 2.24) is 9.80 Å². The summed E-state index contributed by atoms with van der Waals surface area (Å²) in [6.07, 6.45) is 1.51. The molecule has 2 fully saturated rings. The van der Waals surface area contributed by atoms with Gasteiger partial charge in [-0.05, 0) is 37.5 Å². The van der Waals surface area contributed by atoms with Crippen molar-refractivity contribution in [3.05, 3.63) is 35.6 Å². The van der Waals surface area contributed by atoms with Crippen LogP contribution in [0.15, 0.2) is 24.3 Å². The Labute approximate surface area is 130 Å². The molecule has 1 aromatic carbocycles. The second-order valence-electron chi connectivity index (χ2n) is 6.54. The molecule has 1 aromatic rings. The number of morpholine rings is 1. The van der Waals surface area contributed by atoms with Crippen LogP contribution in [0.3, 0.4) is 0 Å². The lowest BCUT2D eigenvalue weighted by atomic mass is 9.88. The predicted molar refractivity (Wildman–Crippen MR) is 81.8 cm³/mol. The summed E-state index contributed by atoms with van der Waals surface area (Å²) in [5.41, 5.74) is 0.934. The number of ether oxygens (including phenoxy) is 1. The van der Waals surface area contributed by atoms with Crippen molar-refractivity contribution in [2.75, 3.05) is 26.7 Å². The van der Waals surface area contributed by atoms with Crippen LogP contribution in [0, 0.1) is 5.82 Å². The SMILES string of the molecule is C[C@@H]1OC2(CCN(Cc3ccc(F)cc3)CC2)CN(C)C1=O. The maximum absolute atomic E-state index is 12.9. The zero-order chi connectivity index (χ0) is 15.7. The molecule has 2 aliphatic rings.